The van der Waals surface area contributed by atoms with Crippen LogP contribution < -0.4 is 20.4 Å². The number of aryl methyl sites for hydroxylation is 2. The van der Waals surface area contributed by atoms with Crippen molar-refractivity contribution in [2.24, 2.45) is 0 Å². The highest BCUT2D eigenvalue weighted by molar-refractivity contribution is 7.98. The number of ether oxygens (including phenoxy) is 2. The van der Waals surface area contributed by atoms with E-state index in [0.29, 0.717) is 28.9 Å². The average molecular weight is 436 g/mol. The second-order valence-corrected chi connectivity index (χ2v) is 9.17. The molecule has 2 heterocycles. The highest BCUT2D eigenvalue weighted by Crippen LogP contribution is 2.42. The topological polar surface area (TPSA) is 98.0 Å². The van der Waals surface area contributed by atoms with E-state index in [1.54, 1.807) is 17.8 Å². The lowest BCUT2D eigenvalue weighted by molar-refractivity contribution is -0.124. The summed E-state index contributed by atoms with van der Waals surface area (Å²) in [6.07, 6.45) is 4.18. The Labute approximate surface area is 180 Å². The Hall–Kier alpha value is -2.19. The van der Waals surface area contributed by atoms with Crippen molar-refractivity contribution >= 4 is 28.6 Å². The Morgan fingerprint density at radius 1 is 1.40 bits per heavy atom. The van der Waals surface area contributed by atoms with Crippen molar-refractivity contribution in [3.8, 4) is 11.5 Å². The van der Waals surface area contributed by atoms with Gasteiger partial charge in [0.05, 0.1) is 18.0 Å². The van der Waals surface area contributed by atoms with Crippen LogP contribution in [-0.4, -0.2) is 47.9 Å². The first kappa shape index (κ1) is 22.5. The van der Waals surface area contributed by atoms with E-state index >= 15 is 0 Å². The molecule has 30 heavy (non-hydrogen) atoms. The Morgan fingerprint density at radius 3 is 2.87 bits per heavy atom. The minimum atomic E-state index is -0.429. The third-order valence-electron chi connectivity index (χ3n) is 5.22. The molecule has 8 heteroatoms. The molecule has 164 valence electrons. The van der Waals surface area contributed by atoms with Crippen molar-refractivity contribution in [3.63, 3.8) is 0 Å². The van der Waals surface area contributed by atoms with E-state index in [-0.39, 0.29) is 30.8 Å². The van der Waals surface area contributed by atoms with Gasteiger partial charge in [-0.2, -0.15) is 11.8 Å². The van der Waals surface area contributed by atoms with Crippen LogP contribution in [0, 0.1) is 6.92 Å². The second kappa shape index (κ2) is 9.31. The van der Waals surface area contributed by atoms with Crippen LogP contribution >= 0.6 is 11.8 Å². The first-order valence-corrected chi connectivity index (χ1v) is 11.4. The maximum atomic E-state index is 12.4. The molecule has 0 spiro atoms. The van der Waals surface area contributed by atoms with Gasteiger partial charge in [-0.1, -0.05) is 0 Å². The minimum absolute atomic E-state index is 0.124. The van der Waals surface area contributed by atoms with E-state index in [1.165, 1.54) is 6.07 Å². The smallest absolute Gasteiger partial charge is 0.336 e. The molecule has 2 N–H and O–H groups in total. The molecule has 7 nitrogen and oxygen atoms in total. The number of hydrogen-bond donors (Lipinski definition) is 2. The van der Waals surface area contributed by atoms with Crippen LogP contribution in [0.15, 0.2) is 21.3 Å². The van der Waals surface area contributed by atoms with Crippen LogP contribution in [-0.2, 0) is 11.2 Å². The van der Waals surface area contributed by atoms with Crippen LogP contribution in [0.5, 0.6) is 11.5 Å². The molecule has 0 bridgehead atoms. The number of carbonyl (C=O) groups excluding carboxylic acids is 1. The second-order valence-electron chi connectivity index (χ2n) is 8.18. The van der Waals surface area contributed by atoms with Crippen LogP contribution in [0.1, 0.15) is 37.8 Å². The molecule has 1 atom stereocenters. The third kappa shape index (κ3) is 5.10. The lowest BCUT2D eigenvalue weighted by Gasteiger charge is -2.33. The highest BCUT2D eigenvalue weighted by Gasteiger charge is 2.30. The van der Waals surface area contributed by atoms with Crippen molar-refractivity contribution < 1.29 is 23.8 Å². The number of nitrogens with one attached hydrogen (secondary N) is 1. The molecule has 1 aromatic carbocycles. The van der Waals surface area contributed by atoms with Crippen molar-refractivity contribution in [2.45, 2.75) is 51.7 Å². The zero-order valence-corrected chi connectivity index (χ0v) is 18.7. The summed E-state index contributed by atoms with van der Waals surface area (Å²) in [5, 5.41) is 12.9. The largest absolute Gasteiger partial charge is 0.487 e. The van der Waals surface area contributed by atoms with Crippen molar-refractivity contribution in [1.82, 2.24) is 5.32 Å². The number of thioether (sulfide) groups is 1. The summed E-state index contributed by atoms with van der Waals surface area (Å²) in [6, 6.07) is 2.88. The van der Waals surface area contributed by atoms with Crippen LogP contribution in [0.3, 0.4) is 0 Å². The summed E-state index contributed by atoms with van der Waals surface area (Å²) in [6.45, 7) is 5.48. The predicted molar refractivity (Wildman–Crippen MR) is 118 cm³/mol. The van der Waals surface area contributed by atoms with Gasteiger partial charge in [-0.15, -0.1) is 0 Å². The number of aliphatic hydroxyl groups is 1. The van der Waals surface area contributed by atoms with Crippen LogP contribution in [0.4, 0.5) is 0 Å². The average Bonchev–Trinajstić information content (AvgIpc) is 2.67. The van der Waals surface area contributed by atoms with E-state index < -0.39 is 5.63 Å². The maximum absolute atomic E-state index is 12.4. The van der Waals surface area contributed by atoms with E-state index in [2.05, 4.69) is 5.32 Å². The standard InChI is InChI=1S/C22H29NO6S/c1-13-9-19(26)28-21-15-5-7-22(2,3)29-16(15)10-17(20(13)21)27-12-18(25)23-14(11-24)6-8-30-4/h9-10,14,24H,5-8,11-12H2,1-4H3,(H,23,25)/t14-/m0/s1. The molecule has 1 aromatic heterocycles. The fourth-order valence-electron chi connectivity index (χ4n) is 3.62. The molecule has 1 aliphatic rings. The number of benzene rings is 1. The lowest BCUT2D eigenvalue weighted by Crippen LogP contribution is -2.40. The summed E-state index contributed by atoms with van der Waals surface area (Å²) in [4.78, 5) is 24.4. The molecule has 0 saturated carbocycles. The molecule has 1 amide bonds. The SMILES string of the molecule is CSCC[C@@H](CO)NC(=O)COc1cc2c(c3oc(=O)cc(C)c13)CCC(C)(C)O2. The number of fused-ring (bicyclic) bond motifs is 3. The number of amides is 1. The molecular formula is C22H29NO6S. The molecule has 3 rings (SSSR count). The summed E-state index contributed by atoms with van der Waals surface area (Å²) in [5.41, 5.74) is 1.25. The first-order valence-electron chi connectivity index (χ1n) is 10.1. The van der Waals surface area contributed by atoms with Gasteiger partial charge in [-0.3, -0.25) is 4.79 Å². The van der Waals surface area contributed by atoms with Crippen molar-refractivity contribution in [3.05, 3.63) is 33.7 Å². The molecular weight excluding hydrogens is 406 g/mol. The summed E-state index contributed by atoms with van der Waals surface area (Å²) in [5.74, 6) is 1.56. The van der Waals surface area contributed by atoms with Gasteiger partial charge in [0, 0.05) is 17.7 Å². The zero-order chi connectivity index (χ0) is 21.9. The van der Waals surface area contributed by atoms with Gasteiger partial charge in [-0.05, 0) is 57.6 Å². The van der Waals surface area contributed by atoms with Gasteiger partial charge in [-0.25, -0.2) is 4.79 Å². The normalized spacial score (nSPS) is 15.9. The number of carbonyl (C=O) groups is 1. The third-order valence-corrected chi connectivity index (χ3v) is 5.86. The molecule has 0 saturated heterocycles. The summed E-state index contributed by atoms with van der Waals surface area (Å²) >= 11 is 1.66. The van der Waals surface area contributed by atoms with E-state index in [0.717, 1.165) is 29.7 Å². The fraction of sp³-hybridized carbons (Fsp3) is 0.545. The molecule has 0 radical (unpaired) electrons. The van der Waals surface area contributed by atoms with Crippen LogP contribution in [0.2, 0.25) is 0 Å². The quantitative estimate of drug-likeness (QED) is 0.615. The molecule has 0 aliphatic carbocycles. The molecule has 1 aliphatic heterocycles. The van der Waals surface area contributed by atoms with Gasteiger partial charge < -0.3 is 24.3 Å². The van der Waals surface area contributed by atoms with Crippen LogP contribution in [0.25, 0.3) is 11.0 Å². The van der Waals surface area contributed by atoms with E-state index in [9.17, 15) is 14.7 Å². The van der Waals surface area contributed by atoms with Gasteiger partial charge in [0.15, 0.2) is 6.61 Å². The van der Waals surface area contributed by atoms with E-state index in [1.807, 2.05) is 27.0 Å². The van der Waals surface area contributed by atoms with Gasteiger partial charge in [0.1, 0.15) is 22.7 Å². The molecule has 0 fully saturated rings. The Balaban J connectivity index is 1.88. The van der Waals surface area contributed by atoms with Gasteiger partial charge in [0.25, 0.3) is 5.91 Å². The maximum Gasteiger partial charge on any atom is 0.336 e. The zero-order valence-electron chi connectivity index (χ0n) is 17.9. The highest BCUT2D eigenvalue weighted by atomic mass is 32.2. The van der Waals surface area contributed by atoms with Crippen molar-refractivity contribution in [1.29, 1.82) is 0 Å². The number of rotatable bonds is 8. The van der Waals surface area contributed by atoms with Gasteiger partial charge >= 0.3 is 5.63 Å². The first-order chi connectivity index (χ1) is 14.2. The Kier molecular flexibility index (Phi) is 6.98. The monoisotopic (exact) mass is 435 g/mol. The number of aliphatic hydroxyl groups excluding tert-OH is 1. The Bertz CT molecular complexity index is 984. The molecule has 2 aromatic rings. The lowest BCUT2D eigenvalue weighted by atomic mass is 9.92. The van der Waals surface area contributed by atoms with Crippen molar-refractivity contribution in [2.75, 3.05) is 25.2 Å². The Morgan fingerprint density at radius 2 is 2.17 bits per heavy atom. The fourth-order valence-corrected chi connectivity index (χ4v) is 4.14. The molecule has 0 unspecified atom stereocenters. The summed E-state index contributed by atoms with van der Waals surface area (Å²) in [7, 11) is 0. The minimum Gasteiger partial charge on any atom is -0.487 e. The van der Waals surface area contributed by atoms with Gasteiger partial charge in [0.2, 0.25) is 0 Å². The summed E-state index contributed by atoms with van der Waals surface area (Å²) < 4.78 is 17.5. The number of hydrogen-bond acceptors (Lipinski definition) is 7. The van der Waals surface area contributed by atoms with E-state index in [4.69, 9.17) is 13.9 Å². The predicted octanol–water partition coefficient (Wildman–Crippen LogP) is 2.81.